The van der Waals surface area contributed by atoms with E-state index in [2.05, 4.69) is 9.47 Å². The van der Waals surface area contributed by atoms with Crippen LogP contribution in [0.2, 0.25) is 0 Å². The molecule has 0 rings (SSSR count). The van der Waals surface area contributed by atoms with Crippen LogP contribution in [-0.2, 0) is 9.47 Å². The number of carboxylic acid groups (broad SMARTS) is 3. The van der Waals surface area contributed by atoms with Gasteiger partial charge in [-0.25, -0.2) is 14.4 Å². The molecule has 92 valence electrons. The van der Waals surface area contributed by atoms with E-state index in [9.17, 15) is 14.4 Å². The van der Waals surface area contributed by atoms with E-state index in [0.29, 0.717) is 0 Å². The van der Waals surface area contributed by atoms with Crippen molar-refractivity contribution in [2.75, 3.05) is 26.3 Å². The summed E-state index contributed by atoms with van der Waals surface area (Å²) in [6, 6.07) is 0. The predicted octanol–water partition coefficient (Wildman–Crippen LogP) is 0.356. The number of amides is 1. The summed E-state index contributed by atoms with van der Waals surface area (Å²) >= 11 is 0. The van der Waals surface area contributed by atoms with E-state index in [1.165, 1.54) is 0 Å². The lowest BCUT2D eigenvalue weighted by Crippen LogP contribution is -2.36. The van der Waals surface area contributed by atoms with Gasteiger partial charge >= 0.3 is 18.4 Å². The van der Waals surface area contributed by atoms with Crippen molar-refractivity contribution < 1.29 is 39.2 Å². The van der Waals surface area contributed by atoms with Gasteiger partial charge in [-0.05, 0) is 0 Å². The molecule has 0 aliphatic heterocycles. The predicted molar refractivity (Wildman–Crippen MR) is 47.6 cm³/mol. The first kappa shape index (κ1) is 13.8. The third kappa shape index (κ3) is 7.24. The Hall–Kier alpha value is -2.19. The molecule has 0 unspecified atom stereocenters. The zero-order valence-corrected chi connectivity index (χ0v) is 8.16. The fourth-order valence-corrected chi connectivity index (χ4v) is 0.789. The molecule has 0 aromatic carbocycles. The summed E-state index contributed by atoms with van der Waals surface area (Å²) in [5.41, 5.74) is 0. The maximum atomic E-state index is 10.6. The van der Waals surface area contributed by atoms with Crippen molar-refractivity contribution in [3.8, 4) is 0 Å². The molecule has 3 N–H and O–H groups in total. The topological polar surface area (TPSA) is 134 Å². The van der Waals surface area contributed by atoms with Crippen LogP contribution in [0.3, 0.4) is 0 Å². The molecule has 0 heterocycles. The number of hydrogen-bond donors (Lipinski definition) is 3. The Morgan fingerprint density at radius 1 is 0.875 bits per heavy atom. The van der Waals surface area contributed by atoms with Gasteiger partial charge in [0.05, 0.1) is 13.1 Å². The first-order valence-corrected chi connectivity index (χ1v) is 4.12. The Kier molecular flexibility index (Phi) is 6.17. The molecule has 16 heavy (non-hydrogen) atoms. The molecule has 9 nitrogen and oxygen atoms in total. The van der Waals surface area contributed by atoms with Gasteiger partial charge in [-0.3, -0.25) is 0 Å². The standard InChI is InChI=1S/C7H11NO8/c9-5(10)8(1-3-15-6(11)12)2-4-16-7(13)14/h1-4H2,(H,9,10)(H,11,12)(H,13,14). The molecule has 0 saturated heterocycles. The van der Waals surface area contributed by atoms with Crippen LogP contribution in [0.5, 0.6) is 0 Å². The van der Waals surface area contributed by atoms with Gasteiger partial charge in [-0.1, -0.05) is 0 Å². The molecule has 0 aliphatic carbocycles. The van der Waals surface area contributed by atoms with Crippen molar-refractivity contribution in [1.82, 2.24) is 4.90 Å². The number of rotatable bonds is 6. The number of hydrogen-bond acceptors (Lipinski definition) is 5. The smallest absolute Gasteiger partial charge is 0.465 e. The Balaban J connectivity index is 3.84. The highest BCUT2D eigenvalue weighted by atomic mass is 16.7. The van der Waals surface area contributed by atoms with Gasteiger partial charge in [0, 0.05) is 0 Å². The lowest BCUT2D eigenvalue weighted by atomic mass is 10.5. The molecule has 9 heteroatoms. The van der Waals surface area contributed by atoms with E-state index in [4.69, 9.17) is 15.3 Å². The summed E-state index contributed by atoms with van der Waals surface area (Å²) in [6.07, 6.45) is -4.33. The SMILES string of the molecule is O=C(O)OCCN(CCOC(=O)O)C(=O)O. The van der Waals surface area contributed by atoms with E-state index in [1.807, 2.05) is 0 Å². The van der Waals surface area contributed by atoms with Gasteiger partial charge in [0.15, 0.2) is 0 Å². The lowest BCUT2D eigenvalue weighted by molar-refractivity contribution is 0.0631. The van der Waals surface area contributed by atoms with E-state index >= 15 is 0 Å². The number of carbonyl (C=O) groups is 3. The zero-order chi connectivity index (χ0) is 12.6. The highest BCUT2D eigenvalue weighted by Crippen LogP contribution is 1.91. The first-order valence-electron chi connectivity index (χ1n) is 4.12. The molecule has 0 saturated carbocycles. The van der Waals surface area contributed by atoms with Crippen LogP contribution >= 0.6 is 0 Å². The van der Waals surface area contributed by atoms with E-state index < -0.39 is 18.4 Å². The maximum absolute atomic E-state index is 10.6. The third-order valence-corrected chi connectivity index (χ3v) is 1.44. The molecule has 0 aliphatic rings. The maximum Gasteiger partial charge on any atom is 0.505 e. The van der Waals surface area contributed by atoms with Crippen molar-refractivity contribution in [3.63, 3.8) is 0 Å². The minimum Gasteiger partial charge on any atom is -0.465 e. The first-order chi connectivity index (χ1) is 7.43. The van der Waals surface area contributed by atoms with Gasteiger partial charge < -0.3 is 29.7 Å². The molecular weight excluding hydrogens is 226 g/mol. The molecule has 0 radical (unpaired) electrons. The summed E-state index contributed by atoms with van der Waals surface area (Å²) in [4.78, 5) is 31.3. The highest BCUT2D eigenvalue weighted by molar-refractivity contribution is 5.65. The average molecular weight is 237 g/mol. The summed E-state index contributed by atoms with van der Waals surface area (Å²) in [6.45, 7) is -1.03. The molecule has 0 spiro atoms. The highest BCUT2D eigenvalue weighted by Gasteiger charge is 2.12. The Bertz CT molecular complexity index is 245. The van der Waals surface area contributed by atoms with Gasteiger partial charge in [0.1, 0.15) is 13.2 Å². The van der Waals surface area contributed by atoms with Crippen LogP contribution < -0.4 is 0 Å². The molecule has 0 aromatic rings. The van der Waals surface area contributed by atoms with Crippen molar-refractivity contribution in [3.05, 3.63) is 0 Å². The quantitative estimate of drug-likeness (QED) is 0.563. The summed E-state index contributed by atoms with van der Waals surface area (Å²) < 4.78 is 8.21. The van der Waals surface area contributed by atoms with Crippen molar-refractivity contribution in [2.24, 2.45) is 0 Å². The van der Waals surface area contributed by atoms with Crippen LogP contribution in [0.4, 0.5) is 14.4 Å². The molecule has 0 fully saturated rings. The molecule has 0 aromatic heterocycles. The van der Waals surface area contributed by atoms with Crippen molar-refractivity contribution >= 4 is 18.4 Å². The molecule has 1 amide bonds. The fourth-order valence-electron chi connectivity index (χ4n) is 0.789. The molecular formula is C7H11NO8. The van der Waals surface area contributed by atoms with Gasteiger partial charge in [-0.15, -0.1) is 0 Å². The van der Waals surface area contributed by atoms with E-state index in [-0.39, 0.29) is 26.3 Å². The second-order valence-electron chi connectivity index (χ2n) is 2.50. The normalized spacial score (nSPS) is 9.25. The van der Waals surface area contributed by atoms with Crippen LogP contribution in [0.1, 0.15) is 0 Å². The largest absolute Gasteiger partial charge is 0.505 e. The van der Waals surface area contributed by atoms with Gasteiger partial charge in [0.2, 0.25) is 0 Å². The second kappa shape index (κ2) is 7.15. The Morgan fingerprint density at radius 3 is 1.50 bits per heavy atom. The third-order valence-electron chi connectivity index (χ3n) is 1.44. The van der Waals surface area contributed by atoms with Gasteiger partial charge in [-0.2, -0.15) is 0 Å². The Labute approximate surface area is 89.8 Å². The summed E-state index contributed by atoms with van der Waals surface area (Å²) in [5.74, 6) is 0. The van der Waals surface area contributed by atoms with Crippen molar-refractivity contribution in [1.29, 1.82) is 0 Å². The molecule has 0 atom stereocenters. The van der Waals surface area contributed by atoms with Gasteiger partial charge in [0.25, 0.3) is 0 Å². The van der Waals surface area contributed by atoms with Crippen LogP contribution in [0.15, 0.2) is 0 Å². The minimum absolute atomic E-state index is 0.190. The summed E-state index contributed by atoms with van der Waals surface area (Å²) in [5, 5.41) is 24.9. The van der Waals surface area contributed by atoms with Crippen LogP contribution in [0, 0.1) is 0 Å². The average Bonchev–Trinajstić information content (AvgIpc) is 2.14. The monoisotopic (exact) mass is 237 g/mol. The summed E-state index contributed by atoms with van der Waals surface area (Å²) in [7, 11) is 0. The number of nitrogens with zero attached hydrogens (tertiary/aromatic N) is 1. The lowest BCUT2D eigenvalue weighted by Gasteiger charge is -2.17. The van der Waals surface area contributed by atoms with Crippen LogP contribution in [-0.4, -0.2) is 64.9 Å². The Morgan fingerprint density at radius 2 is 1.25 bits per heavy atom. The van der Waals surface area contributed by atoms with Crippen LogP contribution in [0.25, 0.3) is 0 Å². The van der Waals surface area contributed by atoms with Crippen molar-refractivity contribution in [2.45, 2.75) is 0 Å². The minimum atomic E-state index is -1.51. The van der Waals surface area contributed by atoms with E-state index in [0.717, 1.165) is 4.90 Å². The second-order valence-corrected chi connectivity index (χ2v) is 2.50. The molecule has 0 bridgehead atoms. The van der Waals surface area contributed by atoms with E-state index in [1.54, 1.807) is 0 Å². The zero-order valence-electron chi connectivity index (χ0n) is 8.16. The fraction of sp³-hybridized carbons (Fsp3) is 0.571. The number of ether oxygens (including phenoxy) is 2.